The van der Waals surface area contributed by atoms with Crippen LogP contribution in [0.2, 0.25) is 0 Å². The number of methoxy groups -OCH3 is 1. The van der Waals surface area contributed by atoms with E-state index in [1.54, 1.807) is 0 Å². The van der Waals surface area contributed by atoms with E-state index in [0.717, 1.165) is 34.9 Å². The Morgan fingerprint density at radius 3 is 2.40 bits per heavy atom. The summed E-state index contributed by atoms with van der Waals surface area (Å²) in [6.07, 6.45) is -8.26. The molecule has 1 aromatic heterocycles. The van der Waals surface area contributed by atoms with Gasteiger partial charge in [-0.25, -0.2) is 18.9 Å². The first kappa shape index (κ1) is 33.0. The van der Waals surface area contributed by atoms with Crippen LogP contribution >= 0.6 is 11.8 Å². The predicted molar refractivity (Wildman–Crippen MR) is 154 cm³/mol. The van der Waals surface area contributed by atoms with E-state index in [2.05, 4.69) is 25.1 Å². The number of amides is 3. The standard InChI is InChI=1S/C28H19F7N6O5S/c1-44-18-7-9-22(45-13-27(30,31)32)21(11-18)41-23(42)12-47-26(41)38-25(43)37-20-8-2-15(10-19(20)29)24-36-14-40(39-24)16-3-5-17(6-4-16)46-28(33,34)35/h2-11,14H,12-13H2,1H3,(H,37,43). The summed E-state index contributed by atoms with van der Waals surface area (Å²) in [6, 6.07) is 11.0. The molecule has 246 valence electrons. The van der Waals surface area contributed by atoms with Crippen molar-refractivity contribution in [2.24, 2.45) is 4.99 Å². The van der Waals surface area contributed by atoms with Gasteiger partial charge in [-0.3, -0.25) is 9.69 Å². The highest BCUT2D eigenvalue weighted by molar-refractivity contribution is 8.15. The van der Waals surface area contributed by atoms with Gasteiger partial charge in [0, 0.05) is 11.6 Å². The molecule has 0 bridgehead atoms. The van der Waals surface area contributed by atoms with Gasteiger partial charge in [-0.1, -0.05) is 11.8 Å². The predicted octanol–water partition coefficient (Wildman–Crippen LogP) is 6.59. The monoisotopic (exact) mass is 684 g/mol. The first-order valence-electron chi connectivity index (χ1n) is 13.0. The molecule has 2 heterocycles. The summed E-state index contributed by atoms with van der Waals surface area (Å²) >= 11 is 0.823. The van der Waals surface area contributed by atoms with Gasteiger partial charge in [0.15, 0.2) is 17.6 Å². The summed E-state index contributed by atoms with van der Waals surface area (Å²) < 4.78 is 106. The number of carbonyl (C=O) groups excluding carboxylic acids is 2. The highest BCUT2D eigenvalue weighted by Gasteiger charge is 2.35. The van der Waals surface area contributed by atoms with Gasteiger partial charge in [0.25, 0.3) is 0 Å². The van der Waals surface area contributed by atoms with E-state index in [1.807, 2.05) is 0 Å². The van der Waals surface area contributed by atoms with Crippen LogP contribution in [0.3, 0.4) is 0 Å². The average molecular weight is 685 g/mol. The van der Waals surface area contributed by atoms with E-state index >= 15 is 4.39 Å². The smallest absolute Gasteiger partial charge is 0.497 e. The van der Waals surface area contributed by atoms with Crippen LogP contribution in [0.15, 0.2) is 72.0 Å². The van der Waals surface area contributed by atoms with Gasteiger partial charge in [0.2, 0.25) is 5.91 Å². The largest absolute Gasteiger partial charge is 0.573 e. The zero-order chi connectivity index (χ0) is 33.9. The second-order valence-corrected chi connectivity index (χ2v) is 10.3. The Labute approximate surface area is 263 Å². The highest BCUT2D eigenvalue weighted by atomic mass is 32.2. The number of aliphatic imine (C=N–C) groups is 1. The van der Waals surface area contributed by atoms with Gasteiger partial charge in [0.1, 0.15) is 29.4 Å². The van der Waals surface area contributed by atoms with Crippen molar-refractivity contribution >= 4 is 40.2 Å². The van der Waals surface area contributed by atoms with E-state index in [1.165, 1.54) is 60.6 Å². The summed E-state index contributed by atoms with van der Waals surface area (Å²) in [5, 5.41) is 6.23. The molecular formula is C28H19F7N6O5S. The number of amidine groups is 1. The molecule has 0 radical (unpaired) electrons. The fourth-order valence-corrected chi connectivity index (χ4v) is 4.93. The molecule has 3 amide bonds. The van der Waals surface area contributed by atoms with Gasteiger partial charge < -0.3 is 19.5 Å². The Morgan fingerprint density at radius 2 is 1.74 bits per heavy atom. The molecule has 1 fully saturated rings. The minimum atomic E-state index is -4.85. The lowest BCUT2D eigenvalue weighted by molar-refractivity contribution is -0.274. The maximum atomic E-state index is 15.0. The molecule has 0 atom stereocenters. The van der Waals surface area contributed by atoms with Crippen LogP contribution in [0.25, 0.3) is 17.1 Å². The molecule has 1 aliphatic heterocycles. The van der Waals surface area contributed by atoms with Crippen molar-refractivity contribution < 1.29 is 54.5 Å². The molecule has 19 heteroatoms. The highest BCUT2D eigenvalue weighted by Crippen LogP contribution is 2.38. The minimum absolute atomic E-state index is 0.0518. The molecule has 1 N–H and O–H groups in total. The Balaban J connectivity index is 1.31. The average Bonchev–Trinajstić information content (AvgIpc) is 3.63. The summed E-state index contributed by atoms with van der Waals surface area (Å²) in [4.78, 5) is 34.3. The number of carbonyl (C=O) groups is 2. The molecule has 1 aliphatic rings. The van der Waals surface area contributed by atoms with Crippen molar-refractivity contribution in [1.29, 1.82) is 0 Å². The number of ether oxygens (including phenoxy) is 3. The number of anilines is 2. The molecule has 5 rings (SSSR count). The van der Waals surface area contributed by atoms with Crippen LogP contribution in [0.4, 0.5) is 46.9 Å². The third kappa shape index (κ3) is 8.29. The maximum absolute atomic E-state index is 15.0. The molecule has 0 spiro atoms. The normalized spacial score (nSPS) is 14.4. The first-order valence-corrected chi connectivity index (χ1v) is 14.0. The van der Waals surface area contributed by atoms with Gasteiger partial charge >= 0.3 is 18.6 Å². The van der Waals surface area contributed by atoms with Crippen molar-refractivity contribution in [1.82, 2.24) is 14.8 Å². The number of urea groups is 1. The van der Waals surface area contributed by atoms with E-state index in [9.17, 15) is 35.9 Å². The molecule has 3 aromatic carbocycles. The van der Waals surface area contributed by atoms with Gasteiger partial charge in [-0.05, 0) is 54.6 Å². The lowest BCUT2D eigenvalue weighted by atomic mass is 10.2. The lowest BCUT2D eigenvalue weighted by Gasteiger charge is -2.21. The zero-order valence-electron chi connectivity index (χ0n) is 23.6. The van der Waals surface area contributed by atoms with E-state index in [4.69, 9.17) is 9.47 Å². The Kier molecular flexibility index (Phi) is 9.27. The van der Waals surface area contributed by atoms with Crippen molar-refractivity contribution in [3.63, 3.8) is 0 Å². The molecule has 0 aliphatic carbocycles. The quantitative estimate of drug-likeness (QED) is 0.207. The number of alkyl halides is 6. The second-order valence-electron chi connectivity index (χ2n) is 9.33. The molecular weight excluding hydrogens is 665 g/mol. The van der Waals surface area contributed by atoms with Crippen LogP contribution in [-0.4, -0.2) is 63.9 Å². The van der Waals surface area contributed by atoms with Crippen molar-refractivity contribution in [3.8, 4) is 34.3 Å². The van der Waals surface area contributed by atoms with E-state index in [0.29, 0.717) is 5.69 Å². The lowest BCUT2D eigenvalue weighted by Crippen LogP contribution is -2.31. The Morgan fingerprint density at radius 1 is 1.02 bits per heavy atom. The number of hydrogen-bond donors (Lipinski definition) is 1. The molecule has 0 unspecified atom stereocenters. The Bertz CT molecular complexity index is 1830. The maximum Gasteiger partial charge on any atom is 0.573 e. The number of nitrogens with one attached hydrogen (secondary N) is 1. The van der Waals surface area contributed by atoms with Crippen LogP contribution in [0, 0.1) is 5.82 Å². The second kappa shape index (κ2) is 13.2. The third-order valence-electron chi connectivity index (χ3n) is 6.06. The fraction of sp³-hybridized carbons (Fsp3) is 0.179. The van der Waals surface area contributed by atoms with Crippen LogP contribution in [-0.2, 0) is 4.79 Å². The minimum Gasteiger partial charge on any atom is -0.497 e. The van der Waals surface area contributed by atoms with Crippen LogP contribution in [0.5, 0.6) is 17.2 Å². The zero-order valence-corrected chi connectivity index (χ0v) is 24.4. The number of hydrogen-bond acceptors (Lipinski definition) is 8. The third-order valence-corrected chi connectivity index (χ3v) is 6.98. The van der Waals surface area contributed by atoms with E-state index < -0.39 is 42.7 Å². The number of benzene rings is 3. The number of rotatable bonds is 8. The molecule has 4 aromatic rings. The summed E-state index contributed by atoms with van der Waals surface area (Å²) in [6.45, 7) is -1.65. The van der Waals surface area contributed by atoms with Crippen LogP contribution in [0.1, 0.15) is 0 Å². The summed E-state index contributed by atoms with van der Waals surface area (Å²) in [5.41, 5.74) is 0.0737. The van der Waals surface area contributed by atoms with Gasteiger partial charge in [-0.2, -0.15) is 18.2 Å². The SMILES string of the molecule is COc1ccc(OCC(F)(F)F)c(N2C(=O)CSC2=NC(=O)Nc2ccc(-c3ncn(-c4ccc(OC(F)(F)F)cc4)n3)cc2F)c1. The van der Waals surface area contributed by atoms with Crippen molar-refractivity contribution in [3.05, 3.63) is 72.8 Å². The Hall–Kier alpha value is -5.33. The number of halogens is 7. The van der Waals surface area contributed by atoms with Crippen molar-refractivity contribution in [2.75, 3.05) is 29.7 Å². The number of nitrogens with zero attached hydrogens (tertiary/aromatic N) is 5. The van der Waals surface area contributed by atoms with Crippen LogP contribution < -0.4 is 24.4 Å². The molecule has 0 saturated carbocycles. The number of aromatic nitrogens is 3. The van der Waals surface area contributed by atoms with Gasteiger partial charge in [0.05, 0.1) is 29.9 Å². The number of thioether (sulfide) groups is 1. The fourth-order valence-electron chi connectivity index (χ4n) is 4.07. The topological polar surface area (TPSA) is 120 Å². The molecule has 47 heavy (non-hydrogen) atoms. The van der Waals surface area contributed by atoms with Gasteiger partial charge in [-0.15, -0.1) is 18.3 Å². The van der Waals surface area contributed by atoms with E-state index in [-0.39, 0.29) is 45.2 Å². The summed E-state index contributed by atoms with van der Waals surface area (Å²) in [7, 11) is 1.30. The molecule has 1 saturated heterocycles. The molecule has 11 nitrogen and oxygen atoms in total. The first-order chi connectivity index (χ1) is 22.2. The van der Waals surface area contributed by atoms with Crippen molar-refractivity contribution in [2.45, 2.75) is 12.5 Å². The summed E-state index contributed by atoms with van der Waals surface area (Å²) in [5.74, 6) is -2.24.